The molecular formula is C22H19Cl2NO4S. The third-order valence-electron chi connectivity index (χ3n) is 5.12. The molecule has 3 aromatic rings. The number of nitrogens with zero attached hydrogens (tertiary/aromatic N) is 1. The molecule has 0 unspecified atom stereocenters. The van der Waals surface area contributed by atoms with Gasteiger partial charge in [0.15, 0.2) is 9.84 Å². The molecular weight excluding hydrogens is 445 g/mol. The first-order chi connectivity index (χ1) is 14.3. The molecule has 8 heteroatoms. The summed E-state index contributed by atoms with van der Waals surface area (Å²) in [4.78, 5) is 14.8. The van der Waals surface area contributed by atoms with Crippen LogP contribution in [-0.4, -0.2) is 36.8 Å². The van der Waals surface area contributed by atoms with Gasteiger partial charge in [-0.3, -0.25) is 4.79 Å². The monoisotopic (exact) mass is 463 g/mol. The molecule has 1 aliphatic rings. The maximum absolute atomic E-state index is 13.2. The minimum absolute atomic E-state index is 0.0446. The normalized spacial score (nSPS) is 17.7. The minimum atomic E-state index is -3.16. The third kappa shape index (κ3) is 4.72. The number of halogens is 2. The number of amides is 1. The summed E-state index contributed by atoms with van der Waals surface area (Å²) in [5, 5.41) is 1.16. The van der Waals surface area contributed by atoms with Crippen molar-refractivity contribution in [2.75, 3.05) is 11.5 Å². The van der Waals surface area contributed by atoms with Gasteiger partial charge in [-0.15, -0.1) is 0 Å². The second-order valence-corrected chi connectivity index (χ2v) is 10.4. The van der Waals surface area contributed by atoms with Crippen LogP contribution in [0.5, 0.6) is 0 Å². The Hall–Kier alpha value is -2.28. The number of hydrogen-bond donors (Lipinski definition) is 0. The Morgan fingerprint density at radius 1 is 0.967 bits per heavy atom. The molecule has 1 aromatic heterocycles. The zero-order valence-corrected chi connectivity index (χ0v) is 18.3. The summed E-state index contributed by atoms with van der Waals surface area (Å²) in [5.41, 5.74) is 1.32. The maximum Gasteiger partial charge on any atom is 0.254 e. The molecule has 4 rings (SSSR count). The van der Waals surface area contributed by atoms with Crippen molar-refractivity contribution in [1.29, 1.82) is 0 Å². The summed E-state index contributed by atoms with van der Waals surface area (Å²) in [7, 11) is -3.16. The van der Waals surface area contributed by atoms with E-state index in [2.05, 4.69) is 0 Å². The Kier molecular flexibility index (Phi) is 5.91. The summed E-state index contributed by atoms with van der Waals surface area (Å²) in [6, 6.07) is 17.1. The topological polar surface area (TPSA) is 67.6 Å². The van der Waals surface area contributed by atoms with Crippen LogP contribution >= 0.6 is 23.2 Å². The Morgan fingerprint density at radius 3 is 2.20 bits per heavy atom. The molecule has 5 nitrogen and oxygen atoms in total. The number of furan rings is 1. The van der Waals surface area contributed by atoms with E-state index >= 15 is 0 Å². The quantitative estimate of drug-likeness (QED) is 0.528. The van der Waals surface area contributed by atoms with E-state index in [4.69, 9.17) is 27.6 Å². The van der Waals surface area contributed by atoms with Crippen molar-refractivity contribution in [2.45, 2.75) is 19.0 Å². The first-order valence-electron chi connectivity index (χ1n) is 9.42. The molecule has 2 aromatic carbocycles. The molecule has 0 aliphatic carbocycles. The van der Waals surface area contributed by atoms with Gasteiger partial charge in [-0.25, -0.2) is 8.42 Å². The van der Waals surface area contributed by atoms with Gasteiger partial charge >= 0.3 is 0 Å². The van der Waals surface area contributed by atoms with Crippen LogP contribution in [0.3, 0.4) is 0 Å². The molecule has 1 aliphatic heterocycles. The highest BCUT2D eigenvalue weighted by Gasteiger charge is 2.35. The Balaban J connectivity index is 1.61. The second kappa shape index (κ2) is 8.46. The Labute approximate surface area is 185 Å². The highest BCUT2D eigenvalue weighted by Crippen LogP contribution is 2.27. The van der Waals surface area contributed by atoms with Crippen LogP contribution in [0.15, 0.2) is 65.1 Å². The van der Waals surface area contributed by atoms with E-state index in [1.165, 1.54) is 0 Å². The number of rotatable bonds is 5. The smallest absolute Gasteiger partial charge is 0.254 e. The van der Waals surface area contributed by atoms with Crippen LogP contribution in [0.1, 0.15) is 22.5 Å². The fourth-order valence-electron chi connectivity index (χ4n) is 3.55. The molecule has 1 saturated heterocycles. The van der Waals surface area contributed by atoms with Gasteiger partial charge in [0.2, 0.25) is 0 Å². The summed E-state index contributed by atoms with van der Waals surface area (Å²) in [6.07, 6.45) is 0.409. The summed E-state index contributed by atoms with van der Waals surface area (Å²) < 4.78 is 30.0. The SMILES string of the molecule is O=C(c1ccc(Cl)cc1)N(Cc1ccc(-c2ccc(Cl)cc2)o1)[C@@H]1CCS(=O)(=O)C1. The molecule has 0 bridgehead atoms. The number of benzene rings is 2. The fraction of sp³-hybridized carbons (Fsp3) is 0.227. The number of sulfone groups is 1. The molecule has 1 fully saturated rings. The highest BCUT2D eigenvalue weighted by molar-refractivity contribution is 7.91. The Bertz CT molecular complexity index is 1150. The van der Waals surface area contributed by atoms with Crippen molar-refractivity contribution in [3.63, 3.8) is 0 Å². The van der Waals surface area contributed by atoms with Crippen LogP contribution in [-0.2, 0) is 16.4 Å². The van der Waals surface area contributed by atoms with Crippen LogP contribution < -0.4 is 0 Å². The minimum Gasteiger partial charge on any atom is -0.459 e. The van der Waals surface area contributed by atoms with Gasteiger partial charge in [-0.05, 0) is 67.1 Å². The number of carbonyl (C=O) groups excluding carboxylic acids is 1. The van der Waals surface area contributed by atoms with Crippen molar-refractivity contribution in [3.8, 4) is 11.3 Å². The van der Waals surface area contributed by atoms with Crippen LogP contribution in [0.25, 0.3) is 11.3 Å². The van der Waals surface area contributed by atoms with E-state index in [1.807, 2.05) is 18.2 Å². The molecule has 0 N–H and O–H groups in total. The summed E-state index contributed by atoms with van der Waals surface area (Å²) in [6.45, 7) is 0.176. The van der Waals surface area contributed by atoms with Crippen LogP contribution in [0.4, 0.5) is 0 Å². The standard InChI is InChI=1S/C22H19Cl2NO4S/c23-17-5-1-15(2-6-17)21-10-9-20(29-21)13-25(19-11-12-30(27,28)14-19)22(26)16-3-7-18(24)8-4-16/h1-10,19H,11-14H2/t19-/m1/s1. The van der Waals surface area contributed by atoms with Gasteiger partial charge in [0.1, 0.15) is 11.5 Å². The van der Waals surface area contributed by atoms with E-state index in [-0.39, 0.29) is 24.0 Å². The van der Waals surface area contributed by atoms with Gasteiger partial charge in [0.25, 0.3) is 5.91 Å². The van der Waals surface area contributed by atoms with E-state index in [9.17, 15) is 13.2 Å². The predicted octanol–water partition coefficient (Wildman–Crippen LogP) is 5.08. The van der Waals surface area contributed by atoms with Crippen molar-refractivity contribution < 1.29 is 17.6 Å². The van der Waals surface area contributed by atoms with Crippen molar-refractivity contribution in [1.82, 2.24) is 4.90 Å². The molecule has 0 saturated carbocycles. The number of hydrogen-bond acceptors (Lipinski definition) is 4. The Morgan fingerprint density at radius 2 is 1.60 bits per heavy atom. The van der Waals surface area contributed by atoms with Crippen LogP contribution in [0.2, 0.25) is 10.0 Å². The second-order valence-electron chi connectivity index (χ2n) is 7.27. The van der Waals surface area contributed by atoms with Gasteiger partial charge < -0.3 is 9.32 Å². The van der Waals surface area contributed by atoms with Crippen molar-refractivity contribution >= 4 is 38.9 Å². The first-order valence-corrected chi connectivity index (χ1v) is 12.0. The zero-order valence-electron chi connectivity index (χ0n) is 15.9. The molecule has 1 atom stereocenters. The highest BCUT2D eigenvalue weighted by atomic mass is 35.5. The van der Waals surface area contributed by atoms with Crippen LogP contribution in [0, 0.1) is 0 Å². The van der Waals surface area contributed by atoms with Gasteiger partial charge in [-0.1, -0.05) is 23.2 Å². The molecule has 2 heterocycles. The average molecular weight is 464 g/mol. The predicted molar refractivity (Wildman–Crippen MR) is 118 cm³/mol. The average Bonchev–Trinajstić information content (AvgIpc) is 3.33. The third-order valence-corrected chi connectivity index (χ3v) is 7.37. The molecule has 30 heavy (non-hydrogen) atoms. The molecule has 156 valence electrons. The first kappa shape index (κ1) is 21.0. The lowest BCUT2D eigenvalue weighted by molar-refractivity contribution is 0.0666. The lowest BCUT2D eigenvalue weighted by Crippen LogP contribution is -2.40. The summed E-state index contributed by atoms with van der Waals surface area (Å²) in [5.74, 6) is 1.01. The van der Waals surface area contributed by atoms with E-state index in [0.717, 1.165) is 5.56 Å². The number of carbonyl (C=O) groups is 1. The fourth-order valence-corrected chi connectivity index (χ4v) is 5.53. The summed E-state index contributed by atoms with van der Waals surface area (Å²) >= 11 is 11.9. The van der Waals surface area contributed by atoms with E-state index in [0.29, 0.717) is 33.6 Å². The van der Waals surface area contributed by atoms with Crippen molar-refractivity contribution in [2.24, 2.45) is 0 Å². The zero-order chi connectivity index (χ0) is 21.3. The molecule has 0 spiro atoms. The largest absolute Gasteiger partial charge is 0.459 e. The van der Waals surface area contributed by atoms with E-state index in [1.54, 1.807) is 47.4 Å². The molecule has 0 radical (unpaired) electrons. The van der Waals surface area contributed by atoms with Gasteiger partial charge in [0.05, 0.1) is 18.1 Å². The van der Waals surface area contributed by atoms with Gasteiger partial charge in [0, 0.05) is 27.2 Å². The van der Waals surface area contributed by atoms with Gasteiger partial charge in [-0.2, -0.15) is 0 Å². The lowest BCUT2D eigenvalue weighted by Gasteiger charge is -2.27. The van der Waals surface area contributed by atoms with E-state index < -0.39 is 15.9 Å². The van der Waals surface area contributed by atoms with Crippen molar-refractivity contribution in [3.05, 3.63) is 82.0 Å². The lowest BCUT2D eigenvalue weighted by atomic mass is 10.1. The maximum atomic E-state index is 13.2. The molecule has 1 amide bonds.